The lowest BCUT2D eigenvalue weighted by atomic mass is 9.83. The van der Waals surface area contributed by atoms with Crippen LogP contribution in [0.25, 0.3) is 0 Å². The lowest BCUT2D eigenvalue weighted by Crippen LogP contribution is -2.49. The highest BCUT2D eigenvalue weighted by atomic mass is 16.3. The summed E-state index contributed by atoms with van der Waals surface area (Å²) in [5, 5.41) is 11.2. The second kappa shape index (κ2) is 5.21. The summed E-state index contributed by atoms with van der Waals surface area (Å²) in [6, 6.07) is 11.6. The molecule has 4 rings (SSSR count). The number of aliphatic hydroxyl groups is 1. The van der Waals surface area contributed by atoms with Crippen molar-refractivity contribution in [3.05, 3.63) is 54.1 Å². The Kier molecular flexibility index (Phi) is 3.31. The lowest BCUT2D eigenvalue weighted by molar-refractivity contribution is -0.0640. The topological polar surface area (TPSA) is 41.3 Å². The van der Waals surface area contributed by atoms with Crippen molar-refractivity contribution in [2.75, 3.05) is 0 Å². The molecule has 2 aliphatic heterocycles. The number of imidazole rings is 1. The van der Waals surface area contributed by atoms with Crippen molar-refractivity contribution in [2.24, 2.45) is 7.05 Å². The third kappa shape index (κ3) is 2.27. The molecule has 116 valence electrons. The zero-order valence-corrected chi connectivity index (χ0v) is 13.0. The van der Waals surface area contributed by atoms with Crippen molar-refractivity contribution in [2.45, 2.75) is 49.9 Å². The maximum Gasteiger partial charge on any atom is 0.109 e. The predicted molar refractivity (Wildman–Crippen MR) is 85.1 cm³/mol. The van der Waals surface area contributed by atoms with E-state index < -0.39 is 5.60 Å². The number of fused-ring (bicyclic) bond motifs is 2. The normalized spacial score (nSPS) is 31.5. The van der Waals surface area contributed by atoms with E-state index in [0.29, 0.717) is 12.1 Å². The van der Waals surface area contributed by atoms with Gasteiger partial charge in [-0.2, -0.15) is 0 Å². The molecular formula is C18H23N3O. The van der Waals surface area contributed by atoms with Gasteiger partial charge in [-0.25, -0.2) is 4.98 Å². The molecule has 2 aliphatic rings. The Bertz CT molecular complexity index is 637. The van der Waals surface area contributed by atoms with Gasteiger partial charge in [-0.05, 0) is 31.2 Å². The third-order valence-corrected chi connectivity index (χ3v) is 5.42. The molecule has 3 heterocycles. The van der Waals surface area contributed by atoms with Crippen LogP contribution in [0.15, 0.2) is 42.9 Å². The number of nitrogens with zero attached hydrogens (tertiary/aromatic N) is 3. The van der Waals surface area contributed by atoms with E-state index in [1.165, 1.54) is 18.4 Å². The van der Waals surface area contributed by atoms with Crippen LogP contribution >= 0.6 is 0 Å². The minimum absolute atomic E-state index is 0.471. The Labute approximate surface area is 131 Å². The Morgan fingerprint density at radius 2 is 1.86 bits per heavy atom. The number of aryl methyl sites for hydroxylation is 1. The third-order valence-electron chi connectivity index (χ3n) is 5.42. The van der Waals surface area contributed by atoms with Gasteiger partial charge in [-0.3, -0.25) is 4.90 Å². The number of piperidine rings is 1. The first-order chi connectivity index (χ1) is 10.7. The minimum atomic E-state index is -0.718. The van der Waals surface area contributed by atoms with Gasteiger partial charge >= 0.3 is 0 Å². The minimum Gasteiger partial charge on any atom is -0.383 e. The maximum absolute atomic E-state index is 11.2. The molecule has 1 aromatic heterocycles. The monoisotopic (exact) mass is 297 g/mol. The molecule has 0 saturated carbocycles. The number of hydrogen-bond acceptors (Lipinski definition) is 3. The van der Waals surface area contributed by atoms with E-state index in [1.54, 1.807) is 6.33 Å². The van der Waals surface area contributed by atoms with Crippen molar-refractivity contribution in [1.29, 1.82) is 0 Å². The molecule has 1 aromatic carbocycles. The first-order valence-electron chi connectivity index (χ1n) is 8.14. The molecule has 0 spiro atoms. The summed E-state index contributed by atoms with van der Waals surface area (Å²) < 4.78 is 1.96. The molecule has 22 heavy (non-hydrogen) atoms. The standard InChI is InChI=1S/C18H23N3O/c1-20-13-19-11-17(20)18(22)9-15-7-8-16(10-18)21(15)12-14-5-3-2-4-6-14/h2-6,11,13,15-16,22H,7-10,12H2,1H3. The van der Waals surface area contributed by atoms with E-state index >= 15 is 0 Å². The Morgan fingerprint density at radius 1 is 1.18 bits per heavy atom. The quantitative estimate of drug-likeness (QED) is 0.946. The Balaban J connectivity index is 1.56. The van der Waals surface area contributed by atoms with Gasteiger partial charge in [0.1, 0.15) is 5.60 Å². The molecule has 0 aliphatic carbocycles. The summed E-state index contributed by atoms with van der Waals surface area (Å²) >= 11 is 0. The smallest absolute Gasteiger partial charge is 0.109 e. The van der Waals surface area contributed by atoms with Gasteiger partial charge in [0.25, 0.3) is 0 Å². The van der Waals surface area contributed by atoms with E-state index in [4.69, 9.17) is 0 Å². The average Bonchev–Trinajstić information content (AvgIpc) is 3.04. The highest BCUT2D eigenvalue weighted by molar-refractivity contribution is 5.19. The van der Waals surface area contributed by atoms with Crippen LogP contribution in [0.4, 0.5) is 0 Å². The van der Waals surface area contributed by atoms with Crippen LogP contribution in [0.1, 0.15) is 36.9 Å². The van der Waals surface area contributed by atoms with Crippen LogP contribution in [-0.4, -0.2) is 31.6 Å². The number of benzene rings is 1. The first-order valence-corrected chi connectivity index (χ1v) is 8.14. The fourth-order valence-corrected chi connectivity index (χ4v) is 4.38. The molecular weight excluding hydrogens is 274 g/mol. The zero-order valence-electron chi connectivity index (χ0n) is 13.0. The summed E-state index contributed by atoms with van der Waals surface area (Å²) in [6.45, 7) is 0.998. The van der Waals surface area contributed by atoms with E-state index in [1.807, 2.05) is 17.8 Å². The van der Waals surface area contributed by atoms with Crippen LogP contribution in [0, 0.1) is 0 Å². The van der Waals surface area contributed by atoms with Gasteiger partial charge in [-0.15, -0.1) is 0 Å². The van der Waals surface area contributed by atoms with Crippen molar-refractivity contribution in [1.82, 2.24) is 14.5 Å². The van der Waals surface area contributed by atoms with E-state index in [-0.39, 0.29) is 0 Å². The van der Waals surface area contributed by atoms with Crippen LogP contribution in [0.3, 0.4) is 0 Å². The van der Waals surface area contributed by atoms with Crippen molar-refractivity contribution >= 4 is 0 Å². The fraction of sp³-hybridized carbons (Fsp3) is 0.500. The molecule has 2 atom stereocenters. The Morgan fingerprint density at radius 3 is 2.45 bits per heavy atom. The molecule has 2 unspecified atom stereocenters. The van der Waals surface area contributed by atoms with E-state index in [9.17, 15) is 5.11 Å². The second-order valence-corrected chi connectivity index (χ2v) is 6.87. The lowest BCUT2D eigenvalue weighted by Gasteiger charge is -2.43. The fourth-order valence-electron chi connectivity index (χ4n) is 4.38. The van der Waals surface area contributed by atoms with Crippen molar-refractivity contribution in [3.8, 4) is 0 Å². The van der Waals surface area contributed by atoms with Gasteiger partial charge in [0.05, 0.1) is 18.2 Å². The van der Waals surface area contributed by atoms with Crippen LogP contribution in [0.2, 0.25) is 0 Å². The molecule has 2 aromatic rings. The zero-order chi connectivity index (χ0) is 15.2. The summed E-state index contributed by atoms with van der Waals surface area (Å²) in [6.07, 6.45) is 7.62. The largest absolute Gasteiger partial charge is 0.383 e. The predicted octanol–water partition coefficient (Wildman–Crippen LogP) is 2.43. The van der Waals surface area contributed by atoms with Gasteiger partial charge < -0.3 is 9.67 Å². The highest BCUT2D eigenvalue weighted by Crippen LogP contribution is 2.46. The van der Waals surface area contributed by atoms with Crippen LogP contribution in [0.5, 0.6) is 0 Å². The maximum atomic E-state index is 11.2. The molecule has 0 amide bonds. The SMILES string of the molecule is Cn1cncc1C1(O)CC2CCC(C1)N2Cc1ccccc1. The van der Waals surface area contributed by atoms with Crippen LogP contribution in [-0.2, 0) is 19.2 Å². The Hall–Kier alpha value is -1.65. The van der Waals surface area contributed by atoms with Gasteiger partial charge in [0, 0.05) is 25.7 Å². The molecule has 1 N–H and O–H groups in total. The molecule has 0 radical (unpaired) electrons. The summed E-state index contributed by atoms with van der Waals surface area (Å²) in [5.74, 6) is 0. The van der Waals surface area contributed by atoms with E-state index in [0.717, 1.165) is 25.1 Å². The number of rotatable bonds is 3. The molecule has 4 heteroatoms. The van der Waals surface area contributed by atoms with Gasteiger partial charge in [-0.1, -0.05) is 30.3 Å². The summed E-state index contributed by atoms with van der Waals surface area (Å²) in [7, 11) is 1.97. The summed E-state index contributed by atoms with van der Waals surface area (Å²) in [4.78, 5) is 6.79. The average molecular weight is 297 g/mol. The van der Waals surface area contributed by atoms with Gasteiger partial charge in [0.15, 0.2) is 0 Å². The molecule has 2 saturated heterocycles. The van der Waals surface area contributed by atoms with Crippen LogP contribution < -0.4 is 0 Å². The van der Waals surface area contributed by atoms with Gasteiger partial charge in [0.2, 0.25) is 0 Å². The first kappa shape index (κ1) is 14.0. The highest BCUT2D eigenvalue weighted by Gasteiger charge is 2.49. The summed E-state index contributed by atoms with van der Waals surface area (Å²) in [5.41, 5.74) is 1.61. The molecule has 4 nitrogen and oxygen atoms in total. The second-order valence-electron chi connectivity index (χ2n) is 6.87. The number of hydrogen-bond donors (Lipinski definition) is 1. The van der Waals surface area contributed by atoms with E-state index in [2.05, 4.69) is 40.2 Å². The number of aromatic nitrogens is 2. The molecule has 2 bridgehead atoms. The molecule has 2 fully saturated rings. The van der Waals surface area contributed by atoms with Crippen molar-refractivity contribution < 1.29 is 5.11 Å². The van der Waals surface area contributed by atoms with Crippen molar-refractivity contribution in [3.63, 3.8) is 0 Å².